The summed E-state index contributed by atoms with van der Waals surface area (Å²) in [5.74, 6) is 5.94. The molecule has 137 heavy (non-hydrogen) atoms. The third-order valence-corrected chi connectivity index (χ3v) is 27.5. The molecular weight excluding hydrogens is 1660 g/mol. The zero-order valence-corrected chi connectivity index (χ0v) is 75.3. The molecule has 0 N–H and O–H groups in total. The van der Waals surface area contributed by atoms with Crippen molar-refractivity contribution in [1.29, 1.82) is 0 Å². The molecule has 9 nitrogen and oxygen atoms in total. The molecule has 0 atom stereocenters. The van der Waals surface area contributed by atoms with Gasteiger partial charge in [0.25, 0.3) is 0 Å². The van der Waals surface area contributed by atoms with E-state index in [1.54, 1.807) is 0 Å². The Morgan fingerprint density at radius 1 is 0.131 bits per heavy atom. The van der Waals surface area contributed by atoms with Gasteiger partial charge in [0.05, 0.1) is 10.8 Å². The molecule has 3 aromatic heterocycles. The van der Waals surface area contributed by atoms with E-state index in [0.717, 1.165) is 66.8 Å². The maximum absolute atomic E-state index is 4.96. The van der Waals surface area contributed by atoms with E-state index >= 15 is 0 Å². The quantitative estimate of drug-likeness (QED) is 0.105. The lowest BCUT2D eigenvalue weighted by Crippen LogP contribution is -2.28. The number of nitrogens with zero attached hydrogens (tertiary/aromatic N) is 9. The van der Waals surface area contributed by atoms with Crippen LogP contribution in [0.5, 0.6) is 0 Å². The summed E-state index contributed by atoms with van der Waals surface area (Å²) in [4.78, 5) is 44.2. The lowest BCUT2D eigenvalue weighted by atomic mass is 9.67. The van der Waals surface area contributed by atoms with Crippen LogP contribution in [-0.2, 0) is 16.2 Å². The second-order valence-corrected chi connectivity index (χ2v) is 35.7. The summed E-state index contributed by atoms with van der Waals surface area (Å²) in [6.45, 7) is 4.64. The third-order valence-electron chi connectivity index (χ3n) is 27.5. The van der Waals surface area contributed by atoms with E-state index in [0.29, 0.717) is 52.4 Å². The average Bonchev–Trinajstić information content (AvgIpc) is 1.50. The van der Waals surface area contributed by atoms with Crippen LogP contribution in [-0.4, -0.2) is 44.9 Å². The van der Waals surface area contributed by atoms with E-state index in [1.165, 1.54) is 117 Å². The van der Waals surface area contributed by atoms with E-state index in [4.69, 9.17) is 44.9 Å². The van der Waals surface area contributed by atoms with Crippen LogP contribution in [0.1, 0.15) is 69.5 Å². The Hall–Kier alpha value is -17.8. The van der Waals surface area contributed by atoms with Gasteiger partial charge in [-0.1, -0.05) is 493 Å². The number of hydrogen-bond acceptors (Lipinski definition) is 9. The van der Waals surface area contributed by atoms with Gasteiger partial charge in [0, 0.05) is 55.5 Å². The maximum Gasteiger partial charge on any atom is 0.164 e. The van der Waals surface area contributed by atoms with Crippen molar-refractivity contribution in [3.63, 3.8) is 0 Å². The molecule has 0 fully saturated rings. The van der Waals surface area contributed by atoms with E-state index in [-0.39, 0.29) is 10.8 Å². The van der Waals surface area contributed by atoms with Crippen LogP contribution in [0.4, 0.5) is 0 Å². The standard InChI is InChI=1S/C46H29N3.C46H31N3.C36H27N3/c1-3-14-31(15-4-1)43-47-44(32-16-5-2-6-17-32)49-45(48-43)33-28-26-30(27-29-33)34-21-13-25-41-42(34)37-20-9-12-24-40(37)46(41)38-22-10-7-18-35(38)36-19-8-11-23-39(36)46;1-5-16-33(17-6-1)43-47-44(34-18-7-2-8-19-34)49-45(48-43)35-30-28-32(29-31-35)38-25-15-27-41-42(38)39-24-13-14-26-40(39)46(41,36-20-9-3-10-21-36)37-22-11-4-12-23-37;1-36(2)31-19-10-9-18-29(31)30-21-20-27(23-32(30)36)26-16-11-17-28(22-26)35-38-33(24-12-5-3-6-13-24)37-34(39-35)25-14-7-4-8-15-25/h1-29H;1-31H;3-23H,1-2H3. The molecule has 1 spiro atoms. The molecule has 22 aromatic rings. The van der Waals surface area contributed by atoms with Crippen molar-refractivity contribution in [2.75, 3.05) is 0 Å². The first-order chi connectivity index (χ1) is 67.7. The molecule has 644 valence electrons. The topological polar surface area (TPSA) is 116 Å². The van der Waals surface area contributed by atoms with Gasteiger partial charge < -0.3 is 0 Å². The Bertz CT molecular complexity index is 7790. The molecule has 0 unspecified atom stereocenters. The summed E-state index contributed by atoms with van der Waals surface area (Å²) in [6, 6.07) is 173. The van der Waals surface area contributed by atoms with Crippen molar-refractivity contribution >= 4 is 0 Å². The number of fused-ring (bicyclic) bond motifs is 16. The minimum Gasteiger partial charge on any atom is -0.208 e. The molecular formula is C128H87N9. The Balaban J connectivity index is 0.000000113. The number of aromatic nitrogens is 9. The van der Waals surface area contributed by atoms with Crippen LogP contribution in [0.2, 0.25) is 0 Å². The number of benzene rings is 19. The molecule has 9 heteroatoms. The lowest BCUT2D eigenvalue weighted by molar-refractivity contribution is 0.660. The van der Waals surface area contributed by atoms with Gasteiger partial charge in [0.2, 0.25) is 0 Å². The molecule has 0 aliphatic heterocycles. The minimum atomic E-state index is -0.434. The van der Waals surface area contributed by atoms with Crippen molar-refractivity contribution in [2.45, 2.75) is 30.1 Å². The molecule has 3 heterocycles. The van der Waals surface area contributed by atoms with E-state index in [1.807, 2.05) is 182 Å². The second-order valence-electron chi connectivity index (χ2n) is 35.7. The molecule has 0 saturated carbocycles. The highest BCUT2D eigenvalue weighted by Crippen LogP contribution is 2.65. The maximum atomic E-state index is 4.96. The minimum absolute atomic E-state index is 0.0388. The first-order valence-corrected chi connectivity index (χ1v) is 46.6. The highest BCUT2D eigenvalue weighted by atomic mass is 15.1. The van der Waals surface area contributed by atoms with Crippen LogP contribution in [0.25, 0.3) is 180 Å². The lowest BCUT2D eigenvalue weighted by Gasteiger charge is -2.34. The summed E-state index contributed by atoms with van der Waals surface area (Å²) in [6.07, 6.45) is 0. The Labute approximate surface area is 796 Å². The van der Waals surface area contributed by atoms with Crippen molar-refractivity contribution in [2.24, 2.45) is 0 Å². The summed E-state index contributed by atoms with van der Waals surface area (Å²) < 4.78 is 0. The molecule has 4 aliphatic carbocycles. The molecule has 0 saturated heterocycles. The van der Waals surface area contributed by atoms with Crippen LogP contribution in [0.3, 0.4) is 0 Å². The largest absolute Gasteiger partial charge is 0.208 e. The van der Waals surface area contributed by atoms with Gasteiger partial charge in [-0.25, -0.2) is 44.9 Å². The number of hydrogen-bond donors (Lipinski definition) is 0. The predicted molar refractivity (Wildman–Crippen MR) is 556 cm³/mol. The zero-order chi connectivity index (χ0) is 91.4. The summed E-state index contributed by atoms with van der Waals surface area (Å²) in [5.41, 5.74) is 38.6. The van der Waals surface area contributed by atoms with Gasteiger partial charge in [-0.3, -0.25) is 0 Å². The molecule has 0 radical (unpaired) electrons. The first-order valence-electron chi connectivity index (χ1n) is 46.6. The SMILES string of the molecule is CC1(C)c2ccccc2-c2ccc(-c3cccc(-c4nc(-c5ccccc5)nc(-c5ccccc5)n4)c3)cc21.c1ccc(-c2nc(-c3ccccc3)nc(-c3ccc(-c4cccc5c4-c4ccccc4C5(c4ccccc4)c4ccccc4)cc3)n2)cc1.c1ccc(-c2nc(-c3ccccc3)nc(-c3ccc(-c4cccc5c4-c4ccccc4C54c5ccccc5-c5ccccc54)cc3)n2)cc1. The van der Waals surface area contributed by atoms with Crippen molar-refractivity contribution in [3.8, 4) is 180 Å². The molecule has 0 amide bonds. The van der Waals surface area contributed by atoms with Gasteiger partial charge in [0.15, 0.2) is 52.4 Å². The summed E-state index contributed by atoms with van der Waals surface area (Å²) in [5, 5.41) is 0. The molecule has 4 aliphatic rings. The van der Waals surface area contributed by atoms with Gasteiger partial charge in [0.1, 0.15) is 0 Å². The zero-order valence-electron chi connectivity index (χ0n) is 75.3. The first kappa shape index (κ1) is 82.4. The van der Waals surface area contributed by atoms with Gasteiger partial charge in [-0.15, -0.1) is 0 Å². The van der Waals surface area contributed by atoms with E-state index < -0.39 is 5.41 Å². The van der Waals surface area contributed by atoms with E-state index in [9.17, 15) is 0 Å². The van der Waals surface area contributed by atoms with Crippen molar-refractivity contribution in [1.82, 2.24) is 44.9 Å². The predicted octanol–water partition coefficient (Wildman–Crippen LogP) is 30.6. The van der Waals surface area contributed by atoms with Crippen molar-refractivity contribution in [3.05, 3.63) is 547 Å². The second kappa shape index (κ2) is 34.7. The Kier molecular flexibility index (Phi) is 20.9. The number of rotatable bonds is 14. The molecule has 0 bridgehead atoms. The van der Waals surface area contributed by atoms with Crippen LogP contribution >= 0.6 is 0 Å². The Morgan fingerprint density at radius 3 is 0.701 bits per heavy atom. The van der Waals surface area contributed by atoms with Gasteiger partial charge in [-0.2, -0.15) is 0 Å². The fraction of sp³-hybridized carbons (Fsp3) is 0.0391. The third kappa shape index (κ3) is 14.5. The van der Waals surface area contributed by atoms with Gasteiger partial charge >= 0.3 is 0 Å². The van der Waals surface area contributed by atoms with Crippen LogP contribution in [0.15, 0.2) is 491 Å². The molecule has 19 aromatic carbocycles. The van der Waals surface area contributed by atoms with E-state index in [2.05, 4.69) is 323 Å². The monoisotopic (exact) mass is 1750 g/mol. The van der Waals surface area contributed by atoms with Crippen LogP contribution in [0, 0.1) is 0 Å². The fourth-order valence-electron chi connectivity index (χ4n) is 21.3. The molecule has 26 rings (SSSR count). The average molecular weight is 1750 g/mol. The summed E-state index contributed by atoms with van der Waals surface area (Å²) >= 11 is 0. The fourth-order valence-corrected chi connectivity index (χ4v) is 21.3. The Morgan fingerprint density at radius 2 is 0.343 bits per heavy atom. The van der Waals surface area contributed by atoms with Crippen LogP contribution < -0.4 is 0 Å². The smallest absolute Gasteiger partial charge is 0.164 e. The highest BCUT2D eigenvalue weighted by Gasteiger charge is 2.53. The highest BCUT2D eigenvalue weighted by molar-refractivity contribution is 6.01. The van der Waals surface area contributed by atoms with Gasteiger partial charge in [-0.05, 0) is 146 Å². The normalized spacial score (nSPS) is 12.9. The van der Waals surface area contributed by atoms with Crippen molar-refractivity contribution < 1.29 is 0 Å². The summed E-state index contributed by atoms with van der Waals surface area (Å²) in [7, 11) is 0.